The van der Waals surface area contributed by atoms with Gasteiger partial charge in [0.15, 0.2) is 0 Å². The fourth-order valence-corrected chi connectivity index (χ4v) is 2.43. The minimum Gasteiger partial charge on any atom is -0.384 e. The third kappa shape index (κ3) is 3.70. The Labute approximate surface area is 111 Å². The number of nitrogens with one attached hydrogen (secondary N) is 2. The zero-order valence-electron chi connectivity index (χ0n) is 10.7. The Kier molecular flexibility index (Phi) is 4.52. The molecule has 2 aromatic rings. The maximum absolute atomic E-state index is 4.44. The van der Waals surface area contributed by atoms with Crippen LogP contribution in [0.4, 0.5) is 11.5 Å². The van der Waals surface area contributed by atoms with Gasteiger partial charge in [0.1, 0.15) is 5.82 Å². The Morgan fingerprint density at radius 3 is 2.94 bits per heavy atom. The van der Waals surface area contributed by atoms with Gasteiger partial charge in [-0.1, -0.05) is 0 Å². The van der Waals surface area contributed by atoms with Crippen molar-refractivity contribution in [3.8, 4) is 0 Å². The predicted octanol–water partition coefficient (Wildman–Crippen LogP) is 2.93. The lowest BCUT2D eigenvalue weighted by atomic mass is 10.3. The van der Waals surface area contributed by atoms with Crippen molar-refractivity contribution in [1.82, 2.24) is 9.97 Å². The lowest BCUT2D eigenvalue weighted by molar-refractivity contribution is 0.986. The standard InChI is InChI=1S/C13H18N4S/c1-3-14-12-8-11(4-6-16-12)15-7-5-13-17-10(2)9-18-13/h4,6,8-9H,3,5,7H2,1-2H3,(H2,14,15,16). The molecule has 0 bridgehead atoms. The molecule has 0 fully saturated rings. The summed E-state index contributed by atoms with van der Waals surface area (Å²) >= 11 is 1.72. The zero-order valence-corrected chi connectivity index (χ0v) is 11.5. The lowest BCUT2D eigenvalue weighted by Crippen LogP contribution is -2.06. The molecule has 0 atom stereocenters. The van der Waals surface area contributed by atoms with Crippen LogP contribution in [-0.4, -0.2) is 23.1 Å². The maximum Gasteiger partial charge on any atom is 0.127 e. The van der Waals surface area contributed by atoms with Crippen LogP contribution < -0.4 is 10.6 Å². The molecule has 5 heteroatoms. The van der Waals surface area contributed by atoms with Crippen LogP contribution in [0.1, 0.15) is 17.6 Å². The van der Waals surface area contributed by atoms with E-state index < -0.39 is 0 Å². The molecule has 0 radical (unpaired) electrons. The van der Waals surface area contributed by atoms with Crippen molar-refractivity contribution in [2.24, 2.45) is 0 Å². The van der Waals surface area contributed by atoms with Crippen LogP contribution in [0.3, 0.4) is 0 Å². The zero-order chi connectivity index (χ0) is 12.8. The molecule has 0 aliphatic carbocycles. The summed E-state index contributed by atoms with van der Waals surface area (Å²) in [5, 5.41) is 9.86. The monoisotopic (exact) mass is 262 g/mol. The van der Waals surface area contributed by atoms with Gasteiger partial charge in [-0.2, -0.15) is 0 Å². The van der Waals surface area contributed by atoms with Crippen LogP contribution >= 0.6 is 11.3 Å². The molecule has 2 rings (SSSR count). The van der Waals surface area contributed by atoms with Gasteiger partial charge in [0, 0.05) is 48.5 Å². The van der Waals surface area contributed by atoms with Gasteiger partial charge in [0.25, 0.3) is 0 Å². The molecule has 0 aliphatic heterocycles. The number of pyridine rings is 1. The number of hydrogen-bond acceptors (Lipinski definition) is 5. The maximum atomic E-state index is 4.44. The molecule has 0 saturated carbocycles. The van der Waals surface area contributed by atoms with Crippen molar-refractivity contribution in [2.45, 2.75) is 20.3 Å². The van der Waals surface area contributed by atoms with Gasteiger partial charge in [0.05, 0.1) is 5.01 Å². The predicted molar refractivity (Wildman–Crippen MR) is 77.4 cm³/mol. The van der Waals surface area contributed by atoms with E-state index in [0.29, 0.717) is 0 Å². The first-order valence-electron chi connectivity index (χ1n) is 6.12. The number of hydrogen-bond donors (Lipinski definition) is 2. The number of aromatic nitrogens is 2. The quantitative estimate of drug-likeness (QED) is 0.840. The summed E-state index contributed by atoms with van der Waals surface area (Å²) in [6.07, 6.45) is 2.77. The summed E-state index contributed by atoms with van der Waals surface area (Å²) in [6, 6.07) is 4.00. The average Bonchev–Trinajstić information content (AvgIpc) is 2.76. The first-order chi connectivity index (χ1) is 8.78. The van der Waals surface area contributed by atoms with Gasteiger partial charge in [-0.15, -0.1) is 11.3 Å². The first-order valence-corrected chi connectivity index (χ1v) is 7.00. The van der Waals surface area contributed by atoms with Crippen molar-refractivity contribution in [3.63, 3.8) is 0 Å². The average molecular weight is 262 g/mol. The minimum absolute atomic E-state index is 0.884. The highest BCUT2D eigenvalue weighted by Crippen LogP contribution is 2.13. The van der Waals surface area contributed by atoms with Crippen LogP contribution in [-0.2, 0) is 6.42 Å². The highest BCUT2D eigenvalue weighted by atomic mass is 32.1. The molecule has 0 spiro atoms. The Bertz CT molecular complexity index is 495. The number of aryl methyl sites for hydroxylation is 1. The van der Waals surface area contributed by atoms with E-state index in [0.717, 1.165) is 36.7 Å². The highest BCUT2D eigenvalue weighted by molar-refractivity contribution is 7.09. The second-order valence-corrected chi connectivity index (χ2v) is 4.96. The fraction of sp³-hybridized carbons (Fsp3) is 0.385. The molecular weight excluding hydrogens is 244 g/mol. The number of rotatable bonds is 6. The van der Waals surface area contributed by atoms with E-state index in [9.17, 15) is 0 Å². The molecule has 4 nitrogen and oxygen atoms in total. The normalized spacial score (nSPS) is 10.3. The van der Waals surface area contributed by atoms with E-state index in [1.807, 2.05) is 25.3 Å². The van der Waals surface area contributed by atoms with Crippen molar-refractivity contribution in [2.75, 3.05) is 23.7 Å². The van der Waals surface area contributed by atoms with Gasteiger partial charge < -0.3 is 10.6 Å². The molecule has 0 amide bonds. The van der Waals surface area contributed by atoms with Gasteiger partial charge in [0.2, 0.25) is 0 Å². The summed E-state index contributed by atoms with van der Waals surface area (Å²) in [5.41, 5.74) is 2.20. The SMILES string of the molecule is CCNc1cc(NCCc2nc(C)cs2)ccn1. The lowest BCUT2D eigenvalue weighted by Gasteiger charge is -2.07. The molecule has 0 aliphatic rings. The Hall–Kier alpha value is -1.62. The second-order valence-electron chi connectivity index (χ2n) is 4.02. The van der Waals surface area contributed by atoms with Gasteiger partial charge in [-0.05, 0) is 19.9 Å². The minimum atomic E-state index is 0.884. The summed E-state index contributed by atoms with van der Waals surface area (Å²) < 4.78 is 0. The van der Waals surface area contributed by atoms with Crippen LogP contribution in [0.25, 0.3) is 0 Å². The molecular formula is C13H18N4S. The van der Waals surface area contributed by atoms with Crippen LogP contribution in [0, 0.1) is 6.92 Å². The Morgan fingerprint density at radius 2 is 2.22 bits per heavy atom. The largest absolute Gasteiger partial charge is 0.384 e. The van der Waals surface area contributed by atoms with Crippen molar-refractivity contribution in [1.29, 1.82) is 0 Å². The van der Waals surface area contributed by atoms with Crippen molar-refractivity contribution < 1.29 is 0 Å². The molecule has 0 saturated heterocycles. The van der Waals surface area contributed by atoms with Gasteiger partial charge in [-0.3, -0.25) is 0 Å². The van der Waals surface area contributed by atoms with Crippen LogP contribution in [0.15, 0.2) is 23.7 Å². The summed E-state index contributed by atoms with van der Waals surface area (Å²) in [5.74, 6) is 0.910. The van der Waals surface area contributed by atoms with Crippen LogP contribution in [0.2, 0.25) is 0 Å². The van der Waals surface area contributed by atoms with Gasteiger partial charge in [-0.25, -0.2) is 9.97 Å². The molecule has 0 aromatic carbocycles. The van der Waals surface area contributed by atoms with E-state index in [1.54, 1.807) is 11.3 Å². The highest BCUT2D eigenvalue weighted by Gasteiger charge is 1.99. The molecule has 0 unspecified atom stereocenters. The fourth-order valence-electron chi connectivity index (χ4n) is 1.65. The molecule has 2 aromatic heterocycles. The third-order valence-corrected chi connectivity index (χ3v) is 3.48. The Balaban J connectivity index is 1.84. The smallest absolute Gasteiger partial charge is 0.127 e. The molecule has 96 valence electrons. The van der Waals surface area contributed by atoms with E-state index in [2.05, 4.69) is 32.9 Å². The molecule has 2 heterocycles. The van der Waals surface area contributed by atoms with E-state index >= 15 is 0 Å². The number of nitrogens with zero attached hydrogens (tertiary/aromatic N) is 2. The van der Waals surface area contributed by atoms with Gasteiger partial charge >= 0.3 is 0 Å². The topological polar surface area (TPSA) is 49.8 Å². The second kappa shape index (κ2) is 6.35. The summed E-state index contributed by atoms with van der Waals surface area (Å²) in [4.78, 5) is 8.68. The van der Waals surface area contributed by atoms with Crippen LogP contribution in [0.5, 0.6) is 0 Å². The third-order valence-electron chi connectivity index (χ3n) is 2.45. The summed E-state index contributed by atoms with van der Waals surface area (Å²) in [6.45, 7) is 5.86. The Morgan fingerprint density at radius 1 is 1.33 bits per heavy atom. The van der Waals surface area contributed by atoms with Crippen molar-refractivity contribution >= 4 is 22.8 Å². The molecule has 2 N–H and O–H groups in total. The van der Waals surface area contributed by atoms with E-state index in [-0.39, 0.29) is 0 Å². The number of anilines is 2. The molecule has 18 heavy (non-hydrogen) atoms. The number of thiazole rings is 1. The van der Waals surface area contributed by atoms with Crippen molar-refractivity contribution in [3.05, 3.63) is 34.4 Å². The summed E-state index contributed by atoms with van der Waals surface area (Å²) in [7, 11) is 0. The first kappa shape index (κ1) is 12.8. The van der Waals surface area contributed by atoms with E-state index in [1.165, 1.54) is 5.01 Å². The van der Waals surface area contributed by atoms with E-state index in [4.69, 9.17) is 0 Å².